The summed E-state index contributed by atoms with van der Waals surface area (Å²) in [4.78, 5) is 22.6. The Kier molecular flexibility index (Phi) is 7.55. The first-order valence-electron chi connectivity index (χ1n) is 6.13. The van der Waals surface area contributed by atoms with Crippen molar-refractivity contribution in [3.05, 3.63) is 0 Å². The number of rotatable bonds is 7. The average molecular weight is 299 g/mol. The fourth-order valence-electron chi connectivity index (χ4n) is 1.15. The molecule has 0 fully saturated rings. The van der Waals surface area contributed by atoms with Gasteiger partial charge in [-0.3, -0.25) is 9.59 Å². The summed E-state index contributed by atoms with van der Waals surface area (Å²) in [6.07, 6.45) is -4.53. The highest BCUT2D eigenvalue weighted by molar-refractivity contribution is 5.81. The minimum Gasteiger partial charge on any atom is -0.460 e. The maximum atomic E-state index is 11.7. The zero-order valence-corrected chi connectivity index (χ0v) is 11.8. The van der Waals surface area contributed by atoms with Crippen molar-refractivity contribution in [2.24, 2.45) is 0 Å². The van der Waals surface area contributed by atoms with E-state index in [0.717, 1.165) is 0 Å². The second-order valence-corrected chi connectivity index (χ2v) is 5.10. The van der Waals surface area contributed by atoms with Crippen LogP contribution in [0.1, 0.15) is 33.6 Å². The van der Waals surface area contributed by atoms with Gasteiger partial charge in [-0.2, -0.15) is 13.2 Å². The van der Waals surface area contributed by atoms with Crippen molar-refractivity contribution in [2.75, 3.05) is 19.8 Å². The third kappa shape index (κ3) is 13.1. The first-order chi connectivity index (χ1) is 8.99. The van der Waals surface area contributed by atoms with Crippen LogP contribution in [0.15, 0.2) is 0 Å². The molecule has 0 aliphatic rings. The average Bonchev–Trinajstić information content (AvgIpc) is 2.22. The van der Waals surface area contributed by atoms with Gasteiger partial charge in [-0.05, 0) is 20.8 Å². The van der Waals surface area contributed by atoms with Crippen molar-refractivity contribution < 1.29 is 32.2 Å². The van der Waals surface area contributed by atoms with Crippen molar-refractivity contribution in [3.8, 4) is 0 Å². The van der Waals surface area contributed by atoms with Crippen LogP contribution in [0.5, 0.6) is 0 Å². The normalized spacial score (nSPS) is 12.1. The van der Waals surface area contributed by atoms with Gasteiger partial charge in [0.15, 0.2) is 0 Å². The molecule has 0 heterocycles. The molecule has 0 aliphatic heterocycles. The summed E-state index contributed by atoms with van der Waals surface area (Å²) in [5, 5.41) is 2.35. The zero-order valence-electron chi connectivity index (χ0n) is 11.8. The molecule has 0 aliphatic carbocycles. The molecule has 20 heavy (non-hydrogen) atoms. The molecule has 1 amide bonds. The number of esters is 1. The second-order valence-electron chi connectivity index (χ2n) is 5.10. The Morgan fingerprint density at radius 1 is 1.10 bits per heavy atom. The van der Waals surface area contributed by atoms with E-state index in [-0.39, 0.29) is 26.0 Å². The van der Waals surface area contributed by atoms with Crippen molar-refractivity contribution in [1.82, 2.24) is 5.32 Å². The van der Waals surface area contributed by atoms with Crippen LogP contribution in [0.2, 0.25) is 0 Å². The largest absolute Gasteiger partial charge is 0.460 e. The highest BCUT2D eigenvalue weighted by atomic mass is 19.4. The van der Waals surface area contributed by atoms with Gasteiger partial charge in [0, 0.05) is 13.0 Å². The minimum absolute atomic E-state index is 0.0385. The van der Waals surface area contributed by atoms with Gasteiger partial charge in [-0.15, -0.1) is 0 Å². The Morgan fingerprint density at radius 3 is 2.20 bits per heavy atom. The molecule has 0 aromatic heterocycles. The van der Waals surface area contributed by atoms with Crippen molar-refractivity contribution in [2.45, 2.75) is 45.4 Å². The summed E-state index contributed by atoms with van der Waals surface area (Å²) in [5.41, 5.74) is -0.612. The molecular formula is C12H20F3NO4. The monoisotopic (exact) mass is 299 g/mol. The quantitative estimate of drug-likeness (QED) is 0.575. The number of hydrogen-bond donors (Lipinski definition) is 1. The molecule has 1 N–H and O–H groups in total. The molecule has 118 valence electrons. The molecule has 5 nitrogen and oxygen atoms in total. The molecule has 0 atom stereocenters. The number of hydrogen-bond acceptors (Lipinski definition) is 4. The summed E-state index contributed by atoms with van der Waals surface area (Å²) in [7, 11) is 0. The smallest absolute Gasteiger partial charge is 0.411 e. The van der Waals surface area contributed by atoms with Gasteiger partial charge >= 0.3 is 12.1 Å². The Balaban J connectivity index is 3.62. The summed E-state index contributed by atoms with van der Waals surface area (Å²) in [6, 6.07) is 0. The first-order valence-corrected chi connectivity index (χ1v) is 6.13. The fourth-order valence-corrected chi connectivity index (χ4v) is 1.15. The van der Waals surface area contributed by atoms with E-state index in [1.807, 2.05) is 0 Å². The third-order valence-corrected chi connectivity index (χ3v) is 1.81. The van der Waals surface area contributed by atoms with Crippen LogP contribution in [0.4, 0.5) is 13.2 Å². The lowest BCUT2D eigenvalue weighted by Gasteiger charge is -2.19. The van der Waals surface area contributed by atoms with E-state index in [2.05, 4.69) is 10.1 Å². The first kappa shape index (κ1) is 18.7. The highest BCUT2D eigenvalue weighted by Crippen LogP contribution is 2.14. The summed E-state index contributed by atoms with van der Waals surface area (Å²) >= 11 is 0. The van der Waals surface area contributed by atoms with E-state index in [0.29, 0.717) is 0 Å². The van der Waals surface area contributed by atoms with Gasteiger partial charge in [0.2, 0.25) is 5.91 Å². The van der Waals surface area contributed by atoms with Crippen LogP contribution in [-0.4, -0.2) is 43.4 Å². The Labute approximate surface area is 115 Å². The molecule has 0 rings (SSSR count). The van der Waals surface area contributed by atoms with E-state index in [1.54, 1.807) is 20.8 Å². The SMILES string of the molecule is CC(C)(C)OC(=O)CCC(=O)NCCOCC(F)(F)F. The van der Waals surface area contributed by atoms with Crippen LogP contribution >= 0.6 is 0 Å². The second kappa shape index (κ2) is 8.08. The summed E-state index contributed by atoms with van der Waals surface area (Å²) < 4.78 is 44.5. The number of halogens is 3. The standard InChI is InChI=1S/C12H20F3NO4/c1-11(2,3)20-10(18)5-4-9(17)16-6-7-19-8-12(13,14)15/h4-8H2,1-3H3,(H,16,17). The molecule has 0 aromatic rings. The maximum absolute atomic E-state index is 11.7. The van der Waals surface area contributed by atoms with Crippen LogP contribution in [0.3, 0.4) is 0 Å². The molecule has 0 bridgehead atoms. The van der Waals surface area contributed by atoms with Gasteiger partial charge in [0.05, 0.1) is 13.0 Å². The van der Waals surface area contributed by atoms with Crippen molar-refractivity contribution in [1.29, 1.82) is 0 Å². The van der Waals surface area contributed by atoms with Crippen molar-refractivity contribution >= 4 is 11.9 Å². The van der Waals surface area contributed by atoms with Crippen LogP contribution in [-0.2, 0) is 19.1 Å². The molecule has 8 heteroatoms. The lowest BCUT2D eigenvalue weighted by Crippen LogP contribution is -2.30. The predicted octanol–water partition coefficient (Wildman–Crippen LogP) is 1.80. The molecule has 0 spiro atoms. The van der Waals surface area contributed by atoms with E-state index >= 15 is 0 Å². The number of nitrogens with one attached hydrogen (secondary N) is 1. The number of carbonyl (C=O) groups is 2. The Hall–Kier alpha value is -1.31. The van der Waals surface area contributed by atoms with Gasteiger partial charge in [0.1, 0.15) is 12.2 Å². The van der Waals surface area contributed by atoms with E-state index < -0.39 is 30.3 Å². The van der Waals surface area contributed by atoms with Crippen LogP contribution in [0, 0.1) is 0 Å². The molecule has 0 aromatic carbocycles. The Morgan fingerprint density at radius 2 is 1.70 bits per heavy atom. The van der Waals surface area contributed by atoms with Gasteiger partial charge in [-0.25, -0.2) is 0 Å². The van der Waals surface area contributed by atoms with E-state index in [1.165, 1.54) is 0 Å². The maximum Gasteiger partial charge on any atom is 0.411 e. The molecule has 0 saturated carbocycles. The summed E-state index contributed by atoms with van der Waals surface area (Å²) in [5.74, 6) is -0.938. The van der Waals surface area contributed by atoms with Crippen molar-refractivity contribution in [3.63, 3.8) is 0 Å². The zero-order chi connectivity index (χ0) is 15.8. The highest BCUT2D eigenvalue weighted by Gasteiger charge is 2.27. The lowest BCUT2D eigenvalue weighted by atomic mass is 10.2. The van der Waals surface area contributed by atoms with E-state index in [9.17, 15) is 22.8 Å². The molecule has 0 radical (unpaired) electrons. The topological polar surface area (TPSA) is 64.6 Å². The molecular weight excluding hydrogens is 279 g/mol. The van der Waals surface area contributed by atoms with Crippen LogP contribution < -0.4 is 5.32 Å². The van der Waals surface area contributed by atoms with Gasteiger partial charge in [0.25, 0.3) is 0 Å². The number of amides is 1. The van der Waals surface area contributed by atoms with Gasteiger partial charge in [-0.1, -0.05) is 0 Å². The number of alkyl halides is 3. The number of ether oxygens (including phenoxy) is 2. The molecule has 0 saturated heterocycles. The van der Waals surface area contributed by atoms with Crippen LogP contribution in [0.25, 0.3) is 0 Å². The van der Waals surface area contributed by atoms with E-state index in [4.69, 9.17) is 4.74 Å². The number of carbonyl (C=O) groups excluding carboxylic acids is 2. The Bertz CT molecular complexity index is 324. The fraction of sp³-hybridized carbons (Fsp3) is 0.833. The third-order valence-electron chi connectivity index (χ3n) is 1.81. The van der Waals surface area contributed by atoms with Gasteiger partial charge < -0.3 is 14.8 Å². The lowest BCUT2D eigenvalue weighted by molar-refractivity contribution is -0.173. The minimum atomic E-state index is -4.37. The predicted molar refractivity (Wildman–Crippen MR) is 65.0 cm³/mol. The molecule has 0 unspecified atom stereocenters. The summed E-state index contributed by atoms with van der Waals surface area (Å²) in [6.45, 7) is 3.51.